The summed E-state index contributed by atoms with van der Waals surface area (Å²) >= 11 is 1.49. The van der Waals surface area contributed by atoms with Gasteiger partial charge >= 0.3 is 0 Å². The molecule has 5 nitrogen and oxygen atoms in total. The number of aromatic nitrogens is 3. The zero-order valence-corrected chi connectivity index (χ0v) is 11.1. The Morgan fingerprint density at radius 2 is 2.37 bits per heavy atom. The van der Waals surface area contributed by atoms with E-state index in [4.69, 9.17) is 9.47 Å². The van der Waals surface area contributed by atoms with Crippen molar-refractivity contribution in [3.8, 4) is 5.75 Å². The molecule has 7 heteroatoms. The summed E-state index contributed by atoms with van der Waals surface area (Å²) in [4.78, 5) is 0. The predicted molar refractivity (Wildman–Crippen MR) is 67.2 cm³/mol. The minimum Gasteiger partial charge on any atom is -0.467 e. The normalized spacial score (nSPS) is 14.0. The second kappa shape index (κ2) is 5.18. The fraction of sp³-hybridized carbons (Fsp3) is 0.333. The minimum absolute atomic E-state index is 0.209. The smallest absolute Gasteiger partial charge is 0.191 e. The van der Waals surface area contributed by atoms with Crippen molar-refractivity contribution >= 4 is 11.8 Å². The number of thioether (sulfide) groups is 1. The lowest BCUT2D eigenvalue weighted by Crippen LogP contribution is -2.13. The summed E-state index contributed by atoms with van der Waals surface area (Å²) in [6.07, 6.45) is 1.63. The molecule has 0 aliphatic carbocycles. The van der Waals surface area contributed by atoms with E-state index in [2.05, 4.69) is 10.2 Å². The SMILES string of the molecule is Cn1cnnc1SCc1cc(F)cc2c1OCOC2. The molecule has 0 spiro atoms. The van der Waals surface area contributed by atoms with E-state index in [0.29, 0.717) is 12.4 Å². The highest BCUT2D eigenvalue weighted by molar-refractivity contribution is 7.98. The zero-order chi connectivity index (χ0) is 13.2. The van der Waals surface area contributed by atoms with Crippen LogP contribution in [0.4, 0.5) is 4.39 Å². The van der Waals surface area contributed by atoms with Crippen molar-refractivity contribution in [1.29, 1.82) is 0 Å². The van der Waals surface area contributed by atoms with Gasteiger partial charge in [-0.15, -0.1) is 10.2 Å². The Labute approximate surface area is 113 Å². The van der Waals surface area contributed by atoms with Crippen molar-refractivity contribution in [2.75, 3.05) is 6.79 Å². The molecule has 1 aliphatic rings. The number of nitrogens with zero attached hydrogens (tertiary/aromatic N) is 3. The van der Waals surface area contributed by atoms with E-state index in [0.717, 1.165) is 22.0 Å². The topological polar surface area (TPSA) is 49.2 Å². The summed E-state index contributed by atoms with van der Waals surface area (Å²) in [7, 11) is 1.87. The lowest BCUT2D eigenvalue weighted by Gasteiger charge is -2.20. The number of halogens is 1. The second-order valence-corrected chi connectivity index (χ2v) is 5.12. The largest absolute Gasteiger partial charge is 0.467 e. The van der Waals surface area contributed by atoms with Gasteiger partial charge in [0.15, 0.2) is 11.9 Å². The molecule has 2 heterocycles. The van der Waals surface area contributed by atoms with Crippen LogP contribution in [-0.2, 0) is 24.1 Å². The Morgan fingerprint density at radius 1 is 1.47 bits per heavy atom. The molecule has 0 fully saturated rings. The average Bonchev–Trinajstić information content (AvgIpc) is 2.81. The van der Waals surface area contributed by atoms with Crippen LogP contribution in [0.3, 0.4) is 0 Å². The molecule has 0 radical (unpaired) electrons. The van der Waals surface area contributed by atoms with Crippen molar-refractivity contribution in [2.24, 2.45) is 7.05 Å². The van der Waals surface area contributed by atoms with Crippen LogP contribution < -0.4 is 4.74 Å². The number of hydrogen-bond donors (Lipinski definition) is 0. The van der Waals surface area contributed by atoms with Crippen molar-refractivity contribution < 1.29 is 13.9 Å². The van der Waals surface area contributed by atoms with Gasteiger partial charge in [0.1, 0.15) is 17.9 Å². The van der Waals surface area contributed by atoms with Crippen LogP contribution in [0.5, 0.6) is 5.75 Å². The molecule has 1 aromatic heterocycles. The van der Waals surface area contributed by atoms with E-state index in [1.54, 1.807) is 6.33 Å². The quantitative estimate of drug-likeness (QED) is 0.806. The van der Waals surface area contributed by atoms with E-state index >= 15 is 0 Å². The molecule has 0 atom stereocenters. The Balaban J connectivity index is 1.84. The first-order valence-corrected chi connectivity index (χ1v) is 6.71. The first kappa shape index (κ1) is 12.4. The third-order valence-corrected chi connectivity index (χ3v) is 3.86. The van der Waals surface area contributed by atoms with Gasteiger partial charge in [-0.2, -0.15) is 0 Å². The van der Waals surface area contributed by atoms with E-state index in [-0.39, 0.29) is 12.6 Å². The van der Waals surface area contributed by atoms with Crippen molar-refractivity contribution in [3.63, 3.8) is 0 Å². The average molecular weight is 281 g/mol. The van der Waals surface area contributed by atoms with Crippen LogP contribution in [0.1, 0.15) is 11.1 Å². The molecule has 0 unspecified atom stereocenters. The van der Waals surface area contributed by atoms with Crippen LogP contribution in [0.25, 0.3) is 0 Å². The molecule has 3 rings (SSSR count). The summed E-state index contributed by atoms with van der Waals surface area (Å²) in [6.45, 7) is 0.592. The van der Waals surface area contributed by atoms with Gasteiger partial charge in [-0.05, 0) is 12.1 Å². The van der Waals surface area contributed by atoms with Crippen LogP contribution in [0, 0.1) is 5.82 Å². The number of fused-ring (bicyclic) bond motifs is 1. The predicted octanol–water partition coefficient (Wildman–Crippen LogP) is 2.11. The monoisotopic (exact) mass is 281 g/mol. The van der Waals surface area contributed by atoms with Gasteiger partial charge in [-0.1, -0.05) is 11.8 Å². The summed E-state index contributed by atoms with van der Waals surface area (Å²) in [6, 6.07) is 2.94. The molecule has 1 aliphatic heterocycles. The van der Waals surface area contributed by atoms with Crippen LogP contribution in [0.2, 0.25) is 0 Å². The first-order valence-electron chi connectivity index (χ1n) is 5.72. The maximum atomic E-state index is 13.5. The van der Waals surface area contributed by atoms with E-state index in [1.807, 2.05) is 11.6 Å². The molecule has 0 saturated carbocycles. The molecule has 2 aromatic rings. The number of rotatable bonds is 3. The number of hydrogen-bond acceptors (Lipinski definition) is 5. The molecule has 1 aromatic carbocycles. The number of ether oxygens (including phenoxy) is 2. The molecular weight excluding hydrogens is 269 g/mol. The Hall–Kier alpha value is -1.60. The van der Waals surface area contributed by atoms with Gasteiger partial charge < -0.3 is 14.0 Å². The van der Waals surface area contributed by atoms with E-state index in [9.17, 15) is 4.39 Å². The Morgan fingerprint density at radius 3 is 3.16 bits per heavy atom. The summed E-state index contributed by atoms with van der Waals surface area (Å²) < 4.78 is 26.0. The molecular formula is C12H12FN3O2S. The van der Waals surface area contributed by atoms with Gasteiger partial charge in [0.25, 0.3) is 0 Å². The third-order valence-electron chi connectivity index (χ3n) is 2.78. The summed E-state index contributed by atoms with van der Waals surface area (Å²) in [5.41, 5.74) is 1.56. The van der Waals surface area contributed by atoms with Gasteiger partial charge in [-0.25, -0.2) is 4.39 Å². The van der Waals surface area contributed by atoms with Gasteiger partial charge in [0, 0.05) is 23.9 Å². The molecule has 0 N–H and O–H groups in total. The number of aryl methyl sites for hydroxylation is 1. The van der Waals surface area contributed by atoms with Gasteiger partial charge in [-0.3, -0.25) is 0 Å². The molecule has 0 bridgehead atoms. The Kier molecular flexibility index (Phi) is 3.39. The summed E-state index contributed by atoms with van der Waals surface area (Å²) in [5, 5.41) is 8.57. The zero-order valence-electron chi connectivity index (χ0n) is 10.3. The Bertz CT molecular complexity index is 603. The maximum Gasteiger partial charge on any atom is 0.191 e. The van der Waals surface area contributed by atoms with Crippen LogP contribution in [0.15, 0.2) is 23.6 Å². The van der Waals surface area contributed by atoms with Crippen molar-refractivity contribution in [1.82, 2.24) is 14.8 Å². The highest BCUT2D eigenvalue weighted by atomic mass is 32.2. The van der Waals surface area contributed by atoms with Crippen LogP contribution in [-0.4, -0.2) is 21.6 Å². The first-order chi connectivity index (χ1) is 9.24. The highest BCUT2D eigenvalue weighted by Crippen LogP contribution is 2.33. The second-order valence-electron chi connectivity index (χ2n) is 4.18. The fourth-order valence-electron chi connectivity index (χ4n) is 1.91. The standard InChI is InChI=1S/C12H12FN3O2S/c1-16-6-14-15-12(16)19-5-9-3-10(13)2-8-4-17-7-18-11(8)9/h2-3,6H,4-5,7H2,1H3. The van der Waals surface area contributed by atoms with Crippen LogP contribution >= 0.6 is 11.8 Å². The number of benzene rings is 1. The maximum absolute atomic E-state index is 13.5. The molecule has 0 saturated heterocycles. The lowest BCUT2D eigenvalue weighted by molar-refractivity contribution is -0.0171. The van der Waals surface area contributed by atoms with Gasteiger partial charge in [0.2, 0.25) is 0 Å². The van der Waals surface area contributed by atoms with Gasteiger partial charge in [0.05, 0.1) is 6.61 Å². The fourth-order valence-corrected chi connectivity index (χ4v) is 2.76. The van der Waals surface area contributed by atoms with Crippen molar-refractivity contribution in [2.45, 2.75) is 17.5 Å². The molecule has 19 heavy (non-hydrogen) atoms. The summed E-state index contributed by atoms with van der Waals surface area (Å²) in [5.74, 6) is 1.02. The molecule has 0 amide bonds. The third kappa shape index (κ3) is 2.57. The lowest BCUT2D eigenvalue weighted by atomic mass is 10.1. The van der Waals surface area contributed by atoms with E-state index in [1.165, 1.54) is 23.9 Å². The van der Waals surface area contributed by atoms with Crippen molar-refractivity contribution in [3.05, 3.63) is 35.4 Å². The minimum atomic E-state index is -0.276. The van der Waals surface area contributed by atoms with E-state index < -0.39 is 0 Å². The molecule has 100 valence electrons. The highest BCUT2D eigenvalue weighted by Gasteiger charge is 2.17.